The molecule has 0 amide bonds. The Morgan fingerprint density at radius 3 is 2.85 bits per heavy atom. The topological polar surface area (TPSA) is 51.6 Å². The third-order valence-corrected chi connectivity index (χ3v) is 7.37. The predicted octanol–water partition coefficient (Wildman–Crippen LogP) is 3.90. The van der Waals surface area contributed by atoms with Crippen LogP contribution >= 0.6 is 46.2 Å². The Labute approximate surface area is 132 Å². The largest absolute Gasteiger partial charge is 0.229 e. The minimum absolute atomic E-state index is 0.951. The summed E-state index contributed by atoms with van der Waals surface area (Å²) in [5.74, 6) is 0. The van der Waals surface area contributed by atoms with Crippen LogP contribution in [0.2, 0.25) is 0 Å². The van der Waals surface area contributed by atoms with Crippen LogP contribution < -0.4 is 0 Å². The summed E-state index contributed by atoms with van der Waals surface area (Å²) in [6.45, 7) is 0. The quantitative estimate of drug-likeness (QED) is 0.533. The lowest BCUT2D eigenvalue weighted by molar-refractivity contribution is 0.915. The average molecular weight is 339 g/mol. The molecule has 0 aliphatic heterocycles. The molecule has 0 saturated heterocycles. The molecule has 1 aliphatic rings. The SMILES string of the molecule is CSc1nnc(Sc2ncnc3sc4c(c23)CCC4)s1. The predicted molar refractivity (Wildman–Crippen MR) is 85.3 cm³/mol. The molecule has 102 valence electrons. The van der Waals surface area contributed by atoms with Crippen LogP contribution in [0.1, 0.15) is 16.9 Å². The first-order valence-electron chi connectivity index (χ1n) is 6.16. The van der Waals surface area contributed by atoms with Crippen molar-refractivity contribution in [3.05, 3.63) is 16.8 Å². The molecule has 0 saturated carbocycles. The average Bonchev–Trinajstić information content (AvgIpc) is 3.13. The number of thioether (sulfide) groups is 1. The first-order valence-corrected chi connectivity index (χ1v) is 9.83. The second-order valence-electron chi connectivity index (χ2n) is 4.36. The van der Waals surface area contributed by atoms with Gasteiger partial charge in [0.1, 0.15) is 16.2 Å². The second kappa shape index (κ2) is 5.25. The van der Waals surface area contributed by atoms with E-state index < -0.39 is 0 Å². The molecule has 0 fully saturated rings. The van der Waals surface area contributed by atoms with E-state index >= 15 is 0 Å². The van der Waals surface area contributed by atoms with Gasteiger partial charge in [0.25, 0.3) is 0 Å². The molecule has 0 spiro atoms. The zero-order chi connectivity index (χ0) is 13.5. The van der Waals surface area contributed by atoms with E-state index in [1.165, 1.54) is 28.7 Å². The molecule has 3 aromatic rings. The molecular formula is C12H10N4S4. The number of hydrogen-bond acceptors (Lipinski definition) is 8. The summed E-state index contributed by atoms with van der Waals surface area (Å²) < 4.78 is 1.95. The Bertz CT molecular complexity index is 779. The second-order valence-corrected chi connectivity index (χ2v) is 8.71. The highest BCUT2D eigenvalue weighted by Gasteiger charge is 2.22. The highest BCUT2D eigenvalue weighted by molar-refractivity contribution is 8.03. The van der Waals surface area contributed by atoms with Crippen molar-refractivity contribution in [2.24, 2.45) is 0 Å². The molecule has 4 rings (SSSR count). The summed E-state index contributed by atoms with van der Waals surface area (Å²) in [6.07, 6.45) is 7.28. The van der Waals surface area contributed by atoms with Gasteiger partial charge in [0.2, 0.25) is 0 Å². The summed E-state index contributed by atoms with van der Waals surface area (Å²) in [6, 6.07) is 0. The molecule has 0 aromatic carbocycles. The molecule has 20 heavy (non-hydrogen) atoms. The van der Waals surface area contributed by atoms with Crippen LogP contribution in [0.5, 0.6) is 0 Å². The van der Waals surface area contributed by atoms with Crippen molar-refractivity contribution in [2.45, 2.75) is 33.0 Å². The maximum atomic E-state index is 4.48. The minimum Gasteiger partial charge on any atom is -0.229 e. The first kappa shape index (κ1) is 13.0. The lowest BCUT2D eigenvalue weighted by Gasteiger charge is -2.00. The summed E-state index contributed by atoms with van der Waals surface area (Å²) in [5, 5.41) is 10.6. The fourth-order valence-electron chi connectivity index (χ4n) is 2.38. The molecular weight excluding hydrogens is 328 g/mol. The fraction of sp³-hybridized carbons (Fsp3) is 0.333. The lowest BCUT2D eigenvalue weighted by atomic mass is 10.2. The number of thiophene rings is 1. The zero-order valence-corrected chi connectivity index (χ0v) is 13.9. The standard InChI is InChI=1S/C12H10N4S4/c1-17-11-15-16-12(20-11)19-10-8-6-3-2-4-7(6)18-9(8)13-5-14-10/h5H,2-4H2,1H3. The van der Waals surface area contributed by atoms with Gasteiger partial charge >= 0.3 is 0 Å². The fourth-order valence-corrected chi connectivity index (χ4v) is 6.15. The van der Waals surface area contributed by atoms with Crippen LogP contribution in [0.3, 0.4) is 0 Å². The Morgan fingerprint density at radius 1 is 1.10 bits per heavy atom. The third-order valence-electron chi connectivity index (χ3n) is 3.21. The van der Waals surface area contributed by atoms with E-state index in [1.54, 1.807) is 41.2 Å². The molecule has 1 aliphatic carbocycles. The Balaban J connectivity index is 1.79. The van der Waals surface area contributed by atoms with Crippen LogP contribution in [0.15, 0.2) is 20.0 Å². The van der Waals surface area contributed by atoms with Crippen LogP contribution in [-0.2, 0) is 12.8 Å². The highest BCUT2D eigenvalue weighted by Crippen LogP contribution is 2.42. The van der Waals surface area contributed by atoms with Crippen LogP contribution in [0, 0.1) is 0 Å². The van der Waals surface area contributed by atoms with Crippen molar-refractivity contribution in [3.63, 3.8) is 0 Å². The Morgan fingerprint density at radius 2 is 2.00 bits per heavy atom. The molecule has 3 heterocycles. The van der Waals surface area contributed by atoms with Gasteiger partial charge in [0, 0.05) is 10.3 Å². The summed E-state index contributed by atoms with van der Waals surface area (Å²) in [5.41, 5.74) is 1.46. The number of fused-ring (bicyclic) bond motifs is 3. The van der Waals surface area contributed by atoms with Crippen molar-refractivity contribution in [2.75, 3.05) is 6.26 Å². The van der Waals surface area contributed by atoms with Gasteiger partial charge in [0.15, 0.2) is 8.68 Å². The van der Waals surface area contributed by atoms with Gasteiger partial charge in [-0.05, 0) is 42.8 Å². The van der Waals surface area contributed by atoms with E-state index in [0.717, 1.165) is 25.0 Å². The van der Waals surface area contributed by atoms with Crippen LogP contribution in [0.4, 0.5) is 0 Å². The van der Waals surface area contributed by atoms with Crippen molar-refractivity contribution in [1.82, 2.24) is 20.2 Å². The first-order chi connectivity index (χ1) is 9.85. The number of nitrogens with zero attached hydrogens (tertiary/aromatic N) is 4. The zero-order valence-electron chi connectivity index (χ0n) is 10.6. The van der Waals surface area contributed by atoms with Crippen molar-refractivity contribution in [3.8, 4) is 0 Å². The summed E-state index contributed by atoms with van der Waals surface area (Å²) >= 11 is 6.68. The number of hydrogen-bond donors (Lipinski definition) is 0. The number of rotatable bonds is 3. The van der Waals surface area contributed by atoms with Gasteiger partial charge in [-0.1, -0.05) is 23.1 Å². The molecule has 0 unspecified atom stereocenters. The molecule has 4 nitrogen and oxygen atoms in total. The van der Waals surface area contributed by atoms with Crippen LogP contribution in [-0.4, -0.2) is 26.4 Å². The van der Waals surface area contributed by atoms with Crippen LogP contribution in [0.25, 0.3) is 10.2 Å². The number of aromatic nitrogens is 4. The van der Waals surface area contributed by atoms with Gasteiger partial charge in [-0.2, -0.15) is 0 Å². The van der Waals surface area contributed by atoms with E-state index in [-0.39, 0.29) is 0 Å². The van der Waals surface area contributed by atoms with Gasteiger partial charge in [-0.25, -0.2) is 9.97 Å². The summed E-state index contributed by atoms with van der Waals surface area (Å²) in [4.78, 5) is 11.5. The van der Waals surface area contributed by atoms with Gasteiger partial charge in [-0.3, -0.25) is 0 Å². The summed E-state index contributed by atoms with van der Waals surface area (Å²) in [7, 11) is 0. The smallest absolute Gasteiger partial charge is 0.181 e. The maximum absolute atomic E-state index is 4.48. The van der Waals surface area contributed by atoms with Gasteiger partial charge in [-0.15, -0.1) is 21.5 Å². The van der Waals surface area contributed by atoms with Crippen molar-refractivity contribution in [1.29, 1.82) is 0 Å². The Kier molecular flexibility index (Phi) is 3.41. The lowest BCUT2D eigenvalue weighted by Crippen LogP contribution is -1.86. The minimum atomic E-state index is 0.951. The maximum Gasteiger partial charge on any atom is 0.181 e. The molecule has 0 radical (unpaired) electrons. The van der Waals surface area contributed by atoms with E-state index in [4.69, 9.17) is 0 Å². The Hall–Kier alpha value is -0.700. The van der Waals surface area contributed by atoms with Crippen molar-refractivity contribution < 1.29 is 0 Å². The molecule has 3 aromatic heterocycles. The van der Waals surface area contributed by atoms with E-state index in [2.05, 4.69) is 20.2 Å². The molecule has 0 bridgehead atoms. The van der Waals surface area contributed by atoms with E-state index in [0.29, 0.717) is 0 Å². The van der Waals surface area contributed by atoms with E-state index in [1.807, 2.05) is 17.6 Å². The molecule has 8 heteroatoms. The molecule has 0 N–H and O–H groups in total. The monoisotopic (exact) mass is 338 g/mol. The highest BCUT2D eigenvalue weighted by atomic mass is 32.2. The number of aryl methyl sites for hydroxylation is 2. The van der Waals surface area contributed by atoms with Gasteiger partial charge < -0.3 is 0 Å². The third kappa shape index (κ3) is 2.14. The van der Waals surface area contributed by atoms with Crippen molar-refractivity contribution >= 4 is 56.4 Å². The van der Waals surface area contributed by atoms with E-state index in [9.17, 15) is 0 Å². The normalized spacial score (nSPS) is 14.1. The molecule has 0 atom stereocenters. The van der Waals surface area contributed by atoms with Gasteiger partial charge in [0.05, 0.1) is 0 Å².